The van der Waals surface area contributed by atoms with Gasteiger partial charge in [-0.15, -0.1) is 0 Å². The number of hydrogen-bond acceptors (Lipinski definition) is 5. The summed E-state index contributed by atoms with van der Waals surface area (Å²) in [5.74, 6) is 0. The summed E-state index contributed by atoms with van der Waals surface area (Å²) in [6.45, 7) is 5.02. The van der Waals surface area contributed by atoms with E-state index in [-0.39, 0.29) is 5.03 Å². The summed E-state index contributed by atoms with van der Waals surface area (Å²) in [6.07, 6.45) is 2.36. The molecule has 0 amide bonds. The highest BCUT2D eigenvalue weighted by Crippen LogP contribution is 2.24. The monoisotopic (exact) mass is 313 g/mol. The summed E-state index contributed by atoms with van der Waals surface area (Å²) < 4.78 is 27.1. The van der Waals surface area contributed by atoms with Gasteiger partial charge in [-0.3, -0.25) is 5.10 Å². The minimum absolute atomic E-state index is 0.192. The molecule has 0 unspecified atom stereocenters. The van der Waals surface area contributed by atoms with E-state index in [0.717, 1.165) is 24.3 Å². The molecular weight excluding hydrogens is 290 g/mol. The number of rotatable bonds is 5. The van der Waals surface area contributed by atoms with E-state index in [1.165, 1.54) is 12.8 Å². The van der Waals surface area contributed by atoms with Crippen molar-refractivity contribution in [3.8, 4) is 0 Å². The number of H-pyrrole nitrogens is 1. The van der Waals surface area contributed by atoms with E-state index in [4.69, 9.17) is 0 Å². The maximum Gasteiger partial charge on any atom is 0.262 e. The van der Waals surface area contributed by atoms with Gasteiger partial charge in [-0.1, -0.05) is 0 Å². The fourth-order valence-corrected chi connectivity index (χ4v) is 4.12. The first kappa shape index (κ1) is 15.0. The number of likely N-dealkylation sites (N-methyl/N-ethyl adjacent to an activating group) is 1. The first-order valence-corrected chi connectivity index (χ1v) is 8.88. The van der Waals surface area contributed by atoms with Crippen LogP contribution < -0.4 is 5.32 Å². The van der Waals surface area contributed by atoms with Crippen molar-refractivity contribution in [1.82, 2.24) is 24.7 Å². The van der Waals surface area contributed by atoms with Crippen molar-refractivity contribution in [2.24, 2.45) is 0 Å². The van der Waals surface area contributed by atoms with E-state index in [1.807, 2.05) is 14.0 Å². The third-order valence-corrected chi connectivity index (χ3v) is 6.10. The lowest BCUT2D eigenvalue weighted by atomic mass is 10.2. The van der Waals surface area contributed by atoms with E-state index in [9.17, 15) is 8.42 Å². The summed E-state index contributed by atoms with van der Waals surface area (Å²) in [6, 6.07) is 0.540. The molecule has 1 aromatic heterocycles. The van der Waals surface area contributed by atoms with Crippen LogP contribution in [0, 0.1) is 6.92 Å². The third kappa shape index (κ3) is 3.13. The van der Waals surface area contributed by atoms with Crippen molar-refractivity contribution in [3.63, 3.8) is 0 Å². The number of nitrogens with one attached hydrogen (secondary N) is 2. The molecule has 0 atom stereocenters. The molecule has 8 heteroatoms. The average Bonchev–Trinajstić information content (AvgIpc) is 3.20. The highest BCUT2D eigenvalue weighted by atomic mass is 32.2. The van der Waals surface area contributed by atoms with Gasteiger partial charge in [-0.2, -0.15) is 9.40 Å². The van der Waals surface area contributed by atoms with Crippen molar-refractivity contribution >= 4 is 10.0 Å². The first-order chi connectivity index (χ1) is 9.98. The van der Waals surface area contributed by atoms with Gasteiger partial charge in [0.05, 0.1) is 0 Å². The Labute approximate surface area is 125 Å². The SMILES string of the molecule is Cc1[nH]nc(S(=O)(=O)N2CCN(C)CC2)c1CNC1CC1. The maximum absolute atomic E-state index is 12.8. The number of sulfonamides is 1. The number of aromatic amines is 1. The molecule has 0 radical (unpaired) electrons. The van der Waals surface area contributed by atoms with E-state index in [1.54, 1.807) is 4.31 Å². The predicted octanol–water partition coefficient (Wildman–Crippen LogP) is -0.0938. The van der Waals surface area contributed by atoms with Gasteiger partial charge >= 0.3 is 0 Å². The van der Waals surface area contributed by atoms with Crippen LogP contribution in [0.1, 0.15) is 24.1 Å². The van der Waals surface area contributed by atoms with Crippen molar-refractivity contribution in [1.29, 1.82) is 0 Å². The minimum atomic E-state index is -3.50. The molecule has 1 saturated carbocycles. The predicted molar refractivity (Wildman–Crippen MR) is 79.4 cm³/mol. The number of aromatic nitrogens is 2. The van der Waals surface area contributed by atoms with Crippen LogP contribution in [0.5, 0.6) is 0 Å². The van der Waals surface area contributed by atoms with E-state index in [0.29, 0.717) is 25.7 Å². The molecular formula is C13H23N5O2S. The molecule has 2 fully saturated rings. The molecule has 7 nitrogen and oxygen atoms in total. The fraction of sp³-hybridized carbons (Fsp3) is 0.769. The Morgan fingerprint density at radius 3 is 2.57 bits per heavy atom. The first-order valence-electron chi connectivity index (χ1n) is 7.44. The van der Waals surface area contributed by atoms with Crippen LogP contribution in [0.4, 0.5) is 0 Å². The highest BCUT2D eigenvalue weighted by molar-refractivity contribution is 7.89. The van der Waals surface area contributed by atoms with Gasteiger partial charge in [-0.25, -0.2) is 8.42 Å². The summed E-state index contributed by atoms with van der Waals surface area (Å²) in [7, 11) is -1.49. The normalized spacial score (nSPS) is 21.8. The fourth-order valence-electron chi connectivity index (χ4n) is 2.54. The number of hydrogen-bond donors (Lipinski definition) is 2. The number of aryl methyl sites for hydroxylation is 1. The zero-order valence-corrected chi connectivity index (χ0v) is 13.4. The van der Waals surface area contributed by atoms with Gasteiger partial charge in [0.15, 0.2) is 5.03 Å². The molecule has 2 aliphatic rings. The molecule has 1 saturated heterocycles. The standard InChI is InChI=1S/C13H23N5O2S/c1-10-12(9-14-11-3-4-11)13(16-15-10)21(19,20)18-7-5-17(2)6-8-18/h11,14H,3-9H2,1-2H3,(H,15,16). The van der Waals surface area contributed by atoms with Gasteiger partial charge in [0.25, 0.3) is 10.0 Å². The Kier molecular flexibility index (Phi) is 4.04. The Hall–Kier alpha value is -0.960. The lowest BCUT2D eigenvalue weighted by Crippen LogP contribution is -2.47. The van der Waals surface area contributed by atoms with Gasteiger partial charge in [0.1, 0.15) is 0 Å². The van der Waals surface area contributed by atoms with Crippen LogP contribution in [0.3, 0.4) is 0 Å². The Morgan fingerprint density at radius 2 is 1.95 bits per heavy atom. The summed E-state index contributed by atoms with van der Waals surface area (Å²) >= 11 is 0. The molecule has 21 heavy (non-hydrogen) atoms. The Morgan fingerprint density at radius 1 is 1.29 bits per heavy atom. The number of nitrogens with zero attached hydrogens (tertiary/aromatic N) is 3. The molecule has 0 aromatic carbocycles. The lowest BCUT2D eigenvalue weighted by Gasteiger charge is -2.31. The smallest absolute Gasteiger partial charge is 0.262 e. The van der Waals surface area contributed by atoms with Gasteiger partial charge in [0.2, 0.25) is 0 Å². The average molecular weight is 313 g/mol. The number of piperazine rings is 1. The minimum Gasteiger partial charge on any atom is -0.310 e. The van der Waals surface area contributed by atoms with Crippen LogP contribution in [-0.4, -0.2) is 67.1 Å². The van der Waals surface area contributed by atoms with E-state index < -0.39 is 10.0 Å². The maximum atomic E-state index is 12.8. The van der Waals surface area contributed by atoms with E-state index in [2.05, 4.69) is 20.4 Å². The highest BCUT2D eigenvalue weighted by Gasteiger charge is 2.32. The van der Waals surface area contributed by atoms with Crippen LogP contribution in [-0.2, 0) is 16.6 Å². The van der Waals surface area contributed by atoms with Crippen molar-refractivity contribution in [2.75, 3.05) is 33.2 Å². The Bertz CT molecular complexity index is 600. The van der Waals surface area contributed by atoms with Crippen molar-refractivity contribution < 1.29 is 8.42 Å². The lowest BCUT2D eigenvalue weighted by molar-refractivity contribution is 0.222. The topological polar surface area (TPSA) is 81.3 Å². The zero-order valence-electron chi connectivity index (χ0n) is 12.6. The molecule has 0 spiro atoms. The van der Waals surface area contributed by atoms with Crippen LogP contribution in [0.15, 0.2) is 5.03 Å². The molecule has 3 rings (SSSR count). The largest absolute Gasteiger partial charge is 0.310 e. The van der Waals surface area contributed by atoms with Gasteiger partial charge in [0, 0.05) is 50.0 Å². The Balaban J connectivity index is 1.80. The molecule has 1 aliphatic carbocycles. The molecule has 2 heterocycles. The molecule has 2 N–H and O–H groups in total. The van der Waals surface area contributed by atoms with E-state index >= 15 is 0 Å². The van der Waals surface area contributed by atoms with Crippen molar-refractivity contribution in [2.45, 2.75) is 37.4 Å². The summed E-state index contributed by atoms with van der Waals surface area (Å²) in [5, 5.41) is 10.5. The molecule has 1 aromatic rings. The second kappa shape index (κ2) is 5.68. The van der Waals surface area contributed by atoms with Crippen LogP contribution in [0.2, 0.25) is 0 Å². The summed E-state index contributed by atoms with van der Waals surface area (Å²) in [5.41, 5.74) is 1.61. The van der Waals surface area contributed by atoms with Crippen LogP contribution in [0.25, 0.3) is 0 Å². The van der Waals surface area contributed by atoms with Gasteiger partial charge < -0.3 is 10.2 Å². The van der Waals surface area contributed by atoms with Crippen LogP contribution >= 0.6 is 0 Å². The zero-order chi connectivity index (χ0) is 15.0. The molecule has 1 aliphatic heterocycles. The van der Waals surface area contributed by atoms with Gasteiger partial charge in [-0.05, 0) is 26.8 Å². The molecule has 118 valence electrons. The second-order valence-corrected chi connectivity index (χ2v) is 7.85. The quantitative estimate of drug-likeness (QED) is 0.794. The second-order valence-electron chi connectivity index (χ2n) is 5.99. The summed E-state index contributed by atoms with van der Waals surface area (Å²) in [4.78, 5) is 2.14. The third-order valence-electron chi connectivity index (χ3n) is 4.23. The van der Waals surface area contributed by atoms with Crippen molar-refractivity contribution in [3.05, 3.63) is 11.3 Å². The molecule has 0 bridgehead atoms.